The quantitative estimate of drug-likeness (QED) is 0.154. The summed E-state index contributed by atoms with van der Waals surface area (Å²) >= 11 is 0. The van der Waals surface area contributed by atoms with Gasteiger partial charge in [-0.25, -0.2) is 4.68 Å². The summed E-state index contributed by atoms with van der Waals surface area (Å²) in [7, 11) is 0. The summed E-state index contributed by atoms with van der Waals surface area (Å²) in [6.45, 7) is 1.79. The fourth-order valence-corrected chi connectivity index (χ4v) is 4.38. The van der Waals surface area contributed by atoms with Crippen molar-refractivity contribution in [3.05, 3.63) is 150 Å². The Morgan fingerprint density at radius 3 is 1.49 bits per heavy atom. The summed E-state index contributed by atoms with van der Waals surface area (Å²) in [4.78, 5) is 0. The van der Waals surface area contributed by atoms with Crippen LogP contribution < -0.4 is 0 Å². The molecule has 5 aromatic rings. The van der Waals surface area contributed by atoms with Crippen molar-refractivity contribution in [2.24, 2.45) is 0 Å². The van der Waals surface area contributed by atoms with Crippen molar-refractivity contribution >= 4 is 0 Å². The minimum absolute atomic E-state index is 0.272. The lowest BCUT2D eigenvalue weighted by molar-refractivity contribution is -0.193. The molecule has 0 aliphatic carbocycles. The number of rotatable bonds is 16. The van der Waals surface area contributed by atoms with Crippen LogP contribution in [-0.4, -0.2) is 39.0 Å². The van der Waals surface area contributed by atoms with E-state index in [9.17, 15) is 0 Å². The minimum Gasteiger partial charge on any atom is -0.374 e. The molecular weight excluding hydrogens is 516 g/mol. The van der Waals surface area contributed by atoms with E-state index in [4.69, 9.17) is 18.9 Å². The number of benzene rings is 4. The molecule has 1 heterocycles. The Kier molecular flexibility index (Phi) is 10.7. The lowest BCUT2D eigenvalue weighted by Gasteiger charge is -2.33. The molecule has 8 heteroatoms. The zero-order valence-corrected chi connectivity index (χ0v) is 22.8. The molecule has 1 aromatic heterocycles. The van der Waals surface area contributed by atoms with Gasteiger partial charge in [0.2, 0.25) is 0 Å². The lowest BCUT2D eigenvalue weighted by Crippen LogP contribution is -2.43. The van der Waals surface area contributed by atoms with Crippen LogP contribution in [-0.2, 0) is 45.4 Å². The average molecular weight is 551 g/mol. The summed E-state index contributed by atoms with van der Waals surface area (Å²) < 4.78 is 27.4. The van der Waals surface area contributed by atoms with Crippen molar-refractivity contribution in [1.82, 2.24) is 20.2 Å². The highest BCUT2D eigenvalue weighted by Crippen LogP contribution is 2.25. The highest BCUT2D eigenvalue weighted by atomic mass is 16.6. The smallest absolute Gasteiger partial charge is 0.182 e. The summed E-state index contributed by atoms with van der Waals surface area (Å²) in [6.07, 6.45) is -0.266. The van der Waals surface area contributed by atoms with E-state index < -0.39 is 18.4 Å². The third-order valence-corrected chi connectivity index (χ3v) is 6.52. The molecule has 41 heavy (non-hydrogen) atoms. The first-order valence-electron chi connectivity index (χ1n) is 13.7. The van der Waals surface area contributed by atoms with E-state index in [1.165, 1.54) is 6.33 Å². The Balaban J connectivity index is 1.41. The van der Waals surface area contributed by atoms with Crippen LogP contribution >= 0.6 is 0 Å². The first-order valence-corrected chi connectivity index (χ1v) is 13.7. The largest absolute Gasteiger partial charge is 0.374 e. The highest BCUT2D eigenvalue weighted by Gasteiger charge is 2.35. The molecule has 0 saturated carbocycles. The molecule has 0 bridgehead atoms. The summed E-state index contributed by atoms with van der Waals surface area (Å²) in [5.74, 6) is 0. The Morgan fingerprint density at radius 1 is 0.537 bits per heavy atom. The van der Waals surface area contributed by atoms with Crippen LogP contribution in [0.25, 0.3) is 0 Å². The van der Waals surface area contributed by atoms with Crippen LogP contribution in [0.3, 0.4) is 0 Å². The van der Waals surface area contributed by atoms with E-state index in [1.807, 2.05) is 121 Å². The average Bonchev–Trinajstić information content (AvgIpc) is 3.58. The predicted molar refractivity (Wildman–Crippen MR) is 154 cm³/mol. The maximum absolute atomic E-state index is 6.61. The minimum atomic E-state index is -0.685. The molecule has 0 N–H and O–H groups in total. The van der Waals surface area contributed by atoms with Gasteiger partial charge < -0.3 is 18.9 Å². The van der Waals surface area contributed by atoms with Gasteiger partial charge in [0.25, 0.3) is 0 Å². The number of hydrogen-bond acceptors (Lipinski definition) is 7. The Bertz CT molecular complexity index is 1370. The Morgan fingerprint density at radius 2 is 1.00 bits per heavy atom. The third kappa shape index (κ3) is 8.89. The topological polar surface area (TPSA) is 80.5 Å². The molecule has 0 aliphatic heterocycles. The van der Waals surface area contributed by atoms with Gasteiger partial charge in [-0.1, -0.05) is 121 Å². The number of ether oxygens (including phenoxy) is 4. The second kappa shape index (κ2) is 15.5. The standard InChI is InChI=1S/C33H34N4O4/c1-5-13-27(14-6-1)21-38-25-31(39-22-28-15-7-2-8-16-28)32(40-23-29-17-9-3-10-18-29)33(37-26-34-35-36-37)41-24-30-19-11-4-12-20-30/h1-20,26,31-33H,21-25H2/t31-,32-,33-/m1/s1. The van der Waals surface area contributed by atoms with Crippen LogP contribution in [0.15, 0.2) is 128 Å². The summed E-state index contributed by atoms with van der Waals surface area (Å²) in [5, 5.41) is 11.9. The van der Waals surface area contributed by atoms with Gasteiger partial charge in [0.05, 0.1) is 33.0 Å². The fraction of sp³-hybridized carbons (Fsp3) is 0.242. The van der Waals surface area contributed by atoms with Gasteiger partial charge in [-0.15, -0.1) is 5.10 Å². The first-order chi connectivity index (χ1) is 20.3. The second-order valence-electron chi connectivity index (χ2n) is 9.57. The molecule has 4 aromatic carbocycles. The third-order valence-electron chi connectivity index (χ3n) is 6.52. The molecule has 0 spiro atoms. The van der Waals surface area contributed by atoms with Crippen LogP contribution in [0, 0.1) is 0 Å². The van der Waals surface area contributed by atoms with Crippen LogP contribution in [0.1, 0.15) is 28.5 Å². The van der Waals surface area contributed by atoms with Crippen molar-refractivity contribution in [2.45, 2.75) is 44.9 Å². The molecule has 0 aliphatic rings. The normalized spacial score (nSPS) is 13.5. The molecule has 0 radical (unpaired) electrons. The zero-order valence-electron chi connectivity index (χ0n) is 22.8. The van der Waals surface area contributed by atoms with Crippen molar-refractivity contribution < 1.29 is 18.9 Å². The molecule has 8 nitrogen and oxygen atoms in total. The number of aromatic nitrogens is 4. The van der Waals surface area contributed by atoms with Gasteiger partial charge >= 0.3 is 0 Å². The van der Waals surface area contributed by atoms with Crippen LogP contribution in [0.2, 0.25) is 0 Å². The Hall–Kier alpha value is -4.21. The van der Waals surface area contributed by atoms with Gasteiger partial charge in [-0.3, -0.25) is 0 Å². The van der Waals surface area contributed by atoms with Gasteiger partial charge in [0.1, 0.15) is 18.5 Å². The van der Waals surface area contributed by atoms with Gasteiger partial charge in [0.15, 0.2) is 6.23 Å². The van der Waals surface area contributed by atoms with Crippen molar-refractivity contribution in [1.29, 1.82) is 0 Å². The highest BCUT2D eigenvalue weighted by molar-refractivity contribution is 5.16. The van der Waals surface area contributed by atoms with Gasteiger partial charge in [0, 0.05) is 0 Å². The molecule has 5 rings (SSSR count). The van der Waals surface area contributed by atoms with E-state index in [-0.39, 0.29) is 6.61 Å². The predicted octanol–water partition coefficient (Wildman–Crippen LogP) is 5.78. The molecule has 0 amide bonds. The summed E-state index contributed by atoms with van der Waals surface area (Å²) in [6, 6.07) is 40.1. The van der Waals surface area contributed by atoms with E-state index in [0.29, 0.717) is 26.4 Å². The van der Waals surface area contributed by atoms with E-state index in [0.717, 1.165) is 22.3 Å². The number of hydrogen-bond donors (Lipinski definition) is 0. The van der Waals surface area contributed by atoms with Gasteiger partial charge in [-0.05, 0) is 32.7 Å². The lowest BCUT2D eigenvalue weighted by atomic mass is 10.1. The van der Waals surface area contributed by atoms with E-state index >= 15 is 0 Å². The number of nitrogens with zero attached hydrogens (tertiary/aromatic N) is 4. The van der Waals surface area contributed by atoms with Crippen LogP contribution in [0.5, 0.6) is 0 Å². The molecule has 3 atom stereocenters. The maximum Gasteiger partial charge on any atom is 0.182 e. The van der Waals surface area contributed by atoms with Crippen molar-refractivity contribution in [3.8, 4) is 0 Å². The SMILES string of the molecule is c1ccc(COC[C@@H](OCc2ccccc2)[C@@H](OCc2ccccc2)[C@@H](OCc2ccccc2)n2cnnn2)cc1. The zero-order chi connectivity index (χ0) is 28.0. The molecule has 0 unspecified atom stereocenters. The second-order valence-corrected chi connectivity index (χ2v) is 9.57. The van der Waals surface area contributed by atoms with Crippen molar-refractivity contribution in [3.63, 3.8) is 0 Å². The summed E-state index contributed by atoms with van der Waals surface area (Å²) in [5.41, 5.74) is 4.18. The van der Waals surface area contributed by atoms with E-state index in [1.54, 1.807) is 4.68 Å². The molecular formula is C33H34N4O4. The molecule has 0 fully saturated rings. The first kappa shape index (κ1) is 28.3. The molecule has 210 valence electrons. The Labute approximate surface area is 240 Å². The maximum atomic E-state index is 6.61. The number of tetrazole rings is 1. The van der Waals surface area contributed by atoms with E-state index in [2.05, 4.69) is 15.5 Å². The van der Waals surface area contributed by atoms with Gasteiger partial charge in [-0.2, -0.15) is 0 Å². The fourth-order valence-electron chi connectivity index (χ4n) is 4.38. The van der Waals surface area contributed by atoms with Crippen LogP contribution in [0.4, 0.5) is 0 Å². The monoisotopic (exact) mass is 550 g/mol. The molecule has 0 saturated heterocycles. The van der Waals surface area contributed by atoms with Crippen molar-refractivity contribution in [2.75, 3.05) is 6.61 Å².